The predicted octanol–water partition coefficient (Wildman–Crippen LogP) is 5.73. The summed E-state index contributed by atoms with van der Waals surface area (Å²) in [6, 6.07) is 19.0. The zero-order valence-corrected chi connectivity index (χ0v) is 24.5. The molecule has 1 N–H and O–H groups in total. The average Bonchev–Trinajstić information content (AvgIpc) is 3.02. The van der Waals surface area contributed by atoms with Gasteiger partial charge in [-0.05, 0) is 66.8 Å². The number of anilines is 1. The number of morpholine rings is 1. The van der Waals surface area contributed by atoms with Crippen molar-refractivity contribution in [2.75, 3.05) is 31.2 Å². The second-order valence-corrected chi connectivity index (χ2v) is 11.1. The van der Waals surface area contributed by atoms with Crippen LogP contribution in [-0.4, -0.2) is 55.2 Å². The molecule has 3 amide bonds. The first-order valence-electron chi connectivity index (χ1n) is 15.0. The number of hydrogen-bond acceptors (Lipinski definition) is 5. The number of halogens is 1. The Bertz CT molecular complexity index is 1420. The summed E-state index contributed by atoms with van der Waals surface area (Å²) in [5.74, 6) is -0.794. The van der Waals surface area contributed by atoms with Crippen molar-refractivity contribution in [2.24, 2.45) is 0 Å². The van der Waals surface area contributed by atoms with E-state index in [-0.39, 0.29) is 24.3 Å². The molecule has 3 aromatic carbocycles. The van der Waals surface area contributed by atoms with Gasteiger partial charge in [0.15, 0.2) is 0 Å². The second-order valence-electron chi connectivity index (χ2n) is 11.1. The maximum absolute atomic E-state index is 14.5. The first-order chi connectivity index (χ1) is 20.9. The van der Waals surface area contributed by atoms with Gasteiger partial charge in [0.05, 0.1) is 19.6 Å². The van der Waals surface area contributed by atoms with Crippen LogP contribution in [0, 0.1) is 12.7 Å². The molecule has 0 bridgehead atoms. The summed E-state index contributed by atoms with van der Waals surface area (Å²) < 4.78 is 25.3. The number of carbonyl (C=O) groups is 3. The van der Waals surface area contributed by atoms with Crippen molar-refractivity contribution in [2.45, 2.75) is 57.5 Å². The first kappa shape index (κ1) is 30.2. The predicted molar refractivity (Wildman–Crippen MR) is 161 cm³/mol. The summed E-state index contributed by atoms with van der Waals surface area (Å²) in [4.78, 5) is 43.6. The van der Waals surface area contributed by atoms with Gasteiger partial charge in [-0.2, -0.15) is 0 Å². The molecular formula is C34H38FN3O5. The highest BCUT2D eigenvalue weighted by Gasteiger charge is 2.35. The van der Waals surface area contributed by atoms with E-state index in [0.717, 1.165) is 37.7 Å². The molecule has 2 fully saturated rings. The van der Waals surface area contributed by atoms with Gasteiger partial charge in [-0.1, -0.05) is 61.7 Å². The average molecular weight is 588 g/mol. The maximum atomic E-state index is 14.5. The summed E-state index contributed by atoms with van der Waals surface area (Å²) in [6.45, 7) is 3.79. The van der Waals surface area contributed by atoms with Crippen molar-refractivity contribution < 1.29 is 28.2 Å². The summed E-state index contributed by atoms with van der Waals surface area (Å²) in [7, 11) is 0. The molecule has 226 valence electrons. The van der Waals surface area contributed by atoms with Crippen LogP contribution in [0.5, 0.6) is 5.75 Å². The van der Waals surface area contributed by atoms with E-state index in [0.29, 0.717) is 48.9 Å². The van der Waals surface area contributed by atoms with Gasteiger partial charge in [-0.15, -0.1) is 0 Å². The Hall–Kier alpha value is -4.24. The number of amides is 3. The van der Waals surface area contributed by atoms with E-state index >= 15 is 0 Å². The van der Waals surface area contributed by atoms with Crippen LogP contribution in [0.15, 0.2) is 72.8 Å². The fourth-order valence-corrected chi connectivity index (χ4v) is 5.73. The molecule has 1 saturated carbocycles. The molecule has 9 heteroatoms. The largest absolute Gasteiger partial charge is 0.415 e. The zero-order chi connectivity index (χ0) is 30.2. The zero-order valence-electron chi connectivity index (χ0n) is 24.5. The highest BCUT2D eigenvalue weighted by Crippen LogP contribution is 2.32. The van der Waals surface area contributed by atoms with E-state index in [4.69, 9.17) is 9.47 Å². The van der Waals surface area contributed by atoms with Crippen LogP contribution >= 0.6 is 0 Å². The van der Waals surface area contributed by atoms with Gasteiger partial charge in [-0.3, -0.25) is 14.5 Å². The molecule has 3 aromatic rings. The first-order valence-corrected chi connectivity index (χ1v) is 15.0. The third kappa shape index (κ3) is 7.78. The van der Waals surface area contributed by atoms with Crippen molar-refractivity contribution in [3.63, 3.8) is 0 Å². The van der Waals surface area contributed by atoms with Gasteiger partial charge >= 0.3 is 6.09 Å². The fraction of sp³-hybridized carbons (Fsp3) is 0.382. The van der Waals surface area contributed by atoms with E-state index in [1.54, 1.807) is 35.2 Å². The van der Waals surface area contributed by atoms with Crippen molar-refractivity contribution in [3.8, 4) is 5.75 Å². The van der Waals surface area contributed by atoms with E-state index in [2.05, 4.69) is 5.32 Å². The Kier molecular flexibility index (Phi) is 10.0. The molecule has 1 atom stereocenters. The minimum Gasteiger partial charge on any atom is -0.410 e. The highest BCUT2D eigenvalue weighted by atomic mass is 19.1. The topological polar surface area (TPSA) is 88.2 Å². The summed E-state index contributed by atoms with van der Waals surface area (Å²) >= 11 is 0. The van der Waals surface area contributed by atoms with Gasteiger partial charge in [0.25, 0.3) is 0 Å². The molecule has 1 aliphatic carbocycles. The fourth-order valence-electron chi connectivity index (χ4n) is 5.73. The Morgan fingerprint density at radius 3 is 2.40 bits per heavy atom. The van der Waals surface area contributed by atoms with E-state index < -0.39 is 18.0 Å². The summed E-state index contributed by atoms with van der Waals surface area (Å²) in [5, 5.41) is 3.19. The van der Waals surface area contributed by atoms with Crippen LogP contribution in [0.25, 0.3) is 0 Å². The lowest BCUT2D eigenvalue weighted by Crippen LogP contribution is -2.48. The maximum Gasteiger partial charge on any atom is 0.415 e. The lowest BCUT2D eigenvalue weighted by atomic mass is 9.93. The molecule has 2 aliphatic rings. The molecule has 1 heterocycles. The molecule has 1 unspecified atom stereocenters. The third-order valence-corrected chi connectivity index (χ3v) is 8.05. The Morgan fingerprint density at radius 1 is 0.977 bits per heavy atom. The van der Waals surface area contributed by atoms with Gasteiger partial charge < -0.3 is 19.7 Å². The summed E-state index contributed by atoms with van der Waals surface area (Å²) in [5.41, 5.74) is 2.49. The quantitative estimate of drug-likeness (QED) is 0.364. The smallest absolute Gasteiger partial charge is 0.410 e. The van der Waals surface area contributed by atoms with Crippen LogP contribution in [-0.2, 0) is 20.7 Å². The number of carbonyl (C=O) groups excluding carboxylic acids is 3. The highest BCUT2D eigenvalue weighted by molar-refractivity contribution is 6.02. The number of benzene rings is 3. The number of hydrogen-bond donors (Lipinski definition) is 1. The monoisotopic (exact) mass is 587 g/mol. The minimum absolute atomic E-state index is 0.0324. The van der Waals surface area contributed by atoms with Crippen LogP contribution in [0.2, 0.25) is 0 Å². The van der Waals surface area contributed by atoms with Gasteiger partial charge in [0.2, 0.25) is 11.8 Å². The Morgan fingerprint density at radius 2 is 1.70 bits per heavy atom. The van der Waals surface area contributed by atoms with Crippen molar-refractivity contribution in [1.82, 2.24) is 10.2 Å². The number of nitrogens with one attached hydrogen (secondary N) is 1. The van der Waals surface area contributed by atoms with Gasteiger partial charge in [-0.25, -0.2) is 9.18 Å². The molecule has 0 aromatic heterocycles. The van der Waals surface area contributed by atoms with E-state index in [1.165, 1.54) is 23.1 Å². The molecule has 1 saturated heterocycles. The molecule has 0 spiro atoms. The normalized spacial score (nSPS) is 16.3. The number of aryl methyl sites for hydroxylation is 1. The lowest BCUT2D eigenvalue weighted by molar-refractivity contribution is -0.127. The van der Waals surface area contributed by atoms with Gasteiger partial charge in [0, 0.05) is 24.8 Å². The third-order valence-electron chi connectivity index (χ3n) is 8.05. The summed E-state index contributed by atoms with van der Waals surface area (Å²) in [6.07, 6.45) is 4.52. The van der Waals surface area contributed by atoms with Crippen LogP contribution in [0.1, 0.15) is 54.8 Å². The molecule has 1 aliphatic heterocycles. The van der Waals surface area contributed by atoms with Gasteiger partial charge in [0.1, 0.15) is 17.6 Å². The van der Waals surface area contributed by atoms with E-state index in [9.17, 15) is 18.8 Å². The van der Waals surface area contributed by atoms with Crippen molar-refractivity contribution >= 4 is 23.6 Å². The SMILES string of the molecule is Cc1ccccc1C(C(=O)NC1CCCCC1)N(C(=O)Cc1ccc(OC(=O)N2CCOCC2)cc1)c1cccc(F)c1. The second kappa shape index (κ2) is 14.3. The molecule has 43 heavy (non-hydrogen) atoms. The number of rotatable bonds is 8. The lowest BCUT2D eigenvalue weighted by Gasteiger charge is -2.34. The molecule has 0 radical (unpaired) electrons. The molecule has 8 nitrogen and oxygen atoms in total. The van der Waals surface area contributed by atoms with Crippen LogP contribution in [0.4, 0.5) is 14.9 Å². The van der Waals surface area contributed by atoms with Crippen molar-refractivity contribution in [1.29, 1.82) is 0 Å². The van der Waals surface area contributed by atoms with Crippen LogP contribution in [0.3, 0.4) is 0 Å². The standard InChI is InChI=1S/C34H38FN3O5/c1-24-8-5-6-13-30(24)32(33(40)36-27-10-3-2-4-11-27)38(28-12-7-9-26(35)23-28)31(39)22-25-14-16-29(17-15-25)43-34(41)37-18-20-42-21-19-37/h5-9,12-17,23,27,32H,2-4,10-11,18-22H2,1H3,(H,36,40). The molecule has 5 rings (SSSR count). The Balaban J connectivity index is 1.41. The van der Waals surface area contributed by atoms with Crippen molar-refractivity contribution in [3.05, 3.63) is 95.3 Å². The number of nitrogens with zero attached hydrogens (tertiary/aromatic N) is 2. The Labute approximate surface area is 251 Å². The van der Waals surface area contributed by atoms with Crippen LogP contribution < -0.4 is 15.0 Å². The minimum atomic E-state index is -0.994. The molecular weight excluding hydrogens is 549 g/mol. The van der Waals surface area contributed by atoms with E-state index in [1.807, 2.05) is 31.2 Å². The number of ether oxygens (including phenoxy) is 2.